The third kappa shape index (κ3) is 3.10. The number of amides is 3. The summed E-state index contributed by atoms with van der Waals surface area (Å²) in [5, 5.41) is 2.39. The summed E-state index contributed by atoms with van der Waals surface area (Å²) < 4.78 is 39.4. The zero-order valence-corrected chi connectivity index (χ0v) is 21.2. The Kier molecular flexibility index (Phi) is 5.30. The van der Waals surface area contributed by atoms with E-state index in [1.54, 1.807) is 48.5 Å². The minimum atomic E-state index is -4.60. The summed E-state index contributed by atoms with van der Waals surface area (Å²) in [6, 6.07) is 17.1. The van der Waals surface area contributed by atoms with Crippen molar-refractivity contribution in [3.8, 4) is 0 Å². The lowest BCUT2D eigenvalue weighted by Gasteiger charge is -2.54. The van der Waals surface area contributed by atoms with Crippen molar-refractivity contribution in [1.82, 2.24) is 4.90 Å². The molecule has 2 bridgehead atoms. The Balaban J connectivity index is 1.40. The van der Waals surface area contributed by atoms with Gasteiger partial charge in [-0.25, -0.2) is 0 Å². The number of nitrogens with one attached hydrogen (secondary N) is 1. The van der Waals surface area contributed by atoms with Gasteiger partial charge in [-0.2, -0.15) is 13.2 Å². The van der Waals surface area contributed by atoms with Crippen LogP contribution < -0.4 is 5.32 Å². The van der Waals surface area contributed by atoms with Crippen LogP contribution in [0.3, 0.4) is 0 Å². The molecule has 0 saturated carbocycles. The van der Waals surface area contributed by atoms with Crippen molar-refractivity contribution in [3.63, 3.8) is 0 Å². The molecule has 7 rings (SSSR count). The van der Waals surface area contributed by atoms with Gasteiger partial charge >= 0.3 is 6.18 Å². The first-order chi connectivity index (χ1) is 17.9. The number of imide groups is 1. The van der Waals surface area contributed by atoms with Gasteiger partial charge in [0.05, 0.1) is 17.4 Å². The van der Waals surface area contributed by atoms with E-state index in [0.717, 1.165) is 23.1 Å². The number of hydrogen-bond acceptors (Lipinski definition) is 3. The van der Waals surface area contributed by atoms with Crippen LogP contribution in [0.4, 0.5) is 18.9 Å². The van der Waals surface area contributed by atoms with Crippen LogP contribution in [0.2, 0.25) is 0 Å². The number of carbonyl (C=O) groups excluding carboxylic acids is 3. The average molecular weight is 559 g/mol. The maximum absolute atomic E-state index is 13.9. The highest BCUT2D eigenvalue weighted by molar-refractivity contribution is 6.36. The van der Waals surface area contributed by atoms with E-state index in [2.05, 4.69) is 5.32 Å². The molecule has 0 spiro atoms. The van der Waals surface area contributed by atoms with Gasteiger partial charge < -0.3 is 5.32 Å². The molecule has 0 unspecified atom stereocenters. The van der Waals surface area contributed by atoms with Crippen LogP contribution >= 0.6 is 23.2 Å². The van der Waals surface area contributed by atoms with Crippen molar-refractivity contribution in [2.24, 2.45) is 11.8 Å². The maximum Gasteiger partial charge on any atom is 0.416 e. The number of anilines is 1. The van der Waals surface area contributed by atoms with E-state index in [-0.39, 0.29) is 5.69 Å². The van der Waals surface area contributed by atoms with Crippen LogP contribution in [0, 0.1) is 11.8 Å². The summed E-state index contributed by atoms with van der Waals surface area (Å²) in [6.07, 6.45) is -4.60. The number of likely N-dealkylation sites (tertiary alicyclic amines) is 1. The van der Waals surface area contributed by atoms with Crippen molar-refractivity contribution in [3.05, 3.63) is 101 Å². The van der Waals surface area contributed by atoms with Gasteiger partial charge in [-0.1, -0.05) is 54.6 Å². The van der Waals surface area contributed by atoms with E-state index < -0.39 is 57.1 Å². The highest BCUT2D eigenvalue weighted by Crippen LogP contribution is 2.69. The second-order valence-corrected chi connectivity index (χ2v) is 11.0. The lowest BCUT2D eigenvalue weighted by atomic mass is 9.54. The number of benzene rings is 3. The number of hydrogen-bond donors (Lipinski definition) is 1. The molecule has 38 heavy (non-hydrogen) atoms. The second kappa shape index (κ2) is 8.07. The van der Waals surface area contributed by atoms with Crippen molar-refractivity contribution in [2.75, 3.05) is 5.32 Å². The zero-order valence-electron chi connectivity index (χ0n) is 19.7. The fourth-order valence-corrected chi connectivity index (χ4v) is 7.31. The number of alkyl halides is 5. The van der Waals surface area contributed by atoms with Crippen LogP contribution in [-0.2, 0) is 30.3 Å². The minimum absolute atomic E-state index is 0.115. The molecule has 0 radical (unpaired) electrons. The maximum atomic E-state index is 13.9. The van der Waals surface area contributed by atoms with Crippen molar-refractivity contribution >= 4 is 46.6 Å². The molecular weight excluding hydrogens is 540 g/mol. The molecule has 3 amide bonds. The first-order valence-corrected chi connectivity index (χ1v) is 12.6. The van der Waals surface area contributed by atoms with Crippen LogP contribution in [0.25, 0.3) is 0 Å². The van der Waals surface area contributed by atoms with Crippen molar-refractivity contribution < 1.29 is 27.6 Å². The highest BCUT2D eigenvalue weighted by Gasteiger charge is 2.73. The highest BCUT2D eigenvalue weighted by atomic mass is 35.5. The molecule has 1 fully saturated rings. The van der Waals surface area contributed by atoms with Crippen LogP contribution in [-0.4, -0.2) is 28.7 Å². The predicted octanol–water partition coefficient (Wildman–Crippen LogP) is 5.63. The number of carbonyl (C=O) groups is 3. The van der Waals surface area contributed by atoms with Gasteiger partial charge in [0, 0.05) is 5.69 Å². The van der Waals surface area contributed by atoms with Crippen molar-refractivity contribution in [2.45, 2.75) is 28.9 Å². The van der Waals surface area contributed by atoms with Gasteiger partial charge in [0.1, 0.15) is 15.8 Å². The normalized spacial score (nSPS) is 28.0. The Hall–Kier alpha value is -3.36. The van der Waals surface area contributed by atoms with Gasteiger partial charge in [-0.15, -0.1) is 23.2 Å². The summed E-state index contributed by atoms with van der Waals surface area (Å²) in [5.41, 5.74) is 1.45. The Labute approximate surface area is 225 Å². The van der Waals surface area contributed by atoms with Gasteiger partial charge in [0.2, 0.25) is 17.7 Å². The second-order valence-electron chi connectivity index (χ2n) is 9.76. The van der Waals surface area contributed by atoms with E-state index in [9.17, 15) is 27.6 Å². The minimum Gasteiger partial charge on any atom is -0.324 e. The molecule has 4 aliphatic rings. The number of rotatable bonds is 3. The Morgan fingerprint density at radius 2 is 1.29 bits per heavy atom. The molecular formula is C28H19Cl2F3N2O3. The summed E-state index contributed by atoms with van der Waals surface area (Å²) >= 11 is 14.7. The largest absolute Gasteiger partial charge is 0.416 e. The van der Waals surface area contributed by atoms with E-state index >= 15 is 0 Å². The molecule has 1 heterocycles. The van der Waals surface area contributed by atoms with E-state index in [1.165, 1.54) is 13.0 Å². The van der Waals surface area contributed by atoms with Gasteiger partial charge in [-0.05, 0) is 47.4 Å². The molecule has 1 saturated heterocycles. The monoisotopic (exact) mass is 558 g/mol. The lowest BCUT2D eigenvalue weighted by Crippen LogP contribution is -2.57. The Morgan fingerprint density at radius 3 is 1.71 bits per heavy atom. The topological polar surface area (TPSA) is 66.5 Å². The smallest absolute Gasteiger partial charge is 0.324 e. The molecule has 10 heteroatoms. The summed E-state index contributed by atoms with van der Waals surface area (Å²) in [5.74, 6) is -4.30. The molecule has 3 atom stereocenters. The lowest BCUT2D eigenvalue weighted by molar-refractivity contribution is -0.146. The molecule has 194 valence electrons. The molecule has 3 aromatic rings. The standard InChI is InChI=1S/C28H19Cl2F3N2O3/c1-14(23(36)34-16-8-6-7-15(13-16)28(31,32)33)35-24(37)21-22(25(35)38)27(30)18-10-3-2-9-17(18)26(21,29)19-11-4-5-12-20(19)27/h2-14,21-22H,1H3,(H,34,36)/t14-,21-,22+,26?,27?/m1/s1. The van der Waals surface area contributed by atoms with Gasteiger partial charge in [-0.3, -0.25) is 19.3 Å². The predicted molar refractivity (Wildman–Crippen MR) is 135 cm³/mol. The van der Waals surface area contributed by atoms with Gasteiger partial charge in [0.15, 0.2) is 0 Å². The molecule has 0 aromatic heterocycles. The Morgan fingerprint density at radius 1 is 0.842 bits per heavy atom. The van der Waals surface area contributed by atoms with Gasteiger partial charge in [0.25, 0.3) is 0 Å². The first-order valence-electron chi connectivity index (χ1n) is 11.8. The van der Waals surface area contributed by atoms with Crippen molar-refractivity contribution in [1.29, 1.82) is 0 Å². The van der Waals surface area contributed by atoms with E-state index in [4.69, 9.17) is 23.2 Å². The fraction of sp³-hybridized carbons (Fsp3) is 0.250. The average Bonchev–Trinajstić information content (AvgIpc) is 3.17. The summed E-state index contributed by atoms with van der Waals surface area (Å²) in [4.78, 5) is 39.0. The van der Waals surface area contributed by atoms with E-state index in [0.29, 0.717) is 22.3 Å². The molecule has 1 N–H and O–H groups in total. The fourth-order valence-electron chi connectivity index (χ4n) is 6.21. The third-order valence-corrected chi connectivity index (χ3v) is 9.13. The molecule has 1 aliphatic heterocycles. The number of halogens is 5. The molecule has 3 aliphatic carbocycles. The first kappa shape index (κ1) is 24.9. The Bertz CT molecular complexity index is 1420. The third-order valence-electron chi connectivity index (χ3n) is 7.84. The van der Waals surface area contributed by atoms with Crippen LogP contribution in [0.5, 0.6) is 0 Å². The summed E-state index contributed by atoms with van der Waals surface area (Å²) in [6.45, 7) is 1.35. The SMILES string of the molecule is C[C@H](C(=O)Nc1cccc(C(F)(F)F)c1)N1C(=O)[C@@H]2[C@H](C1=O)C1(Cl)c3ccccc3C2(Cl)c2ccccc21. The summed E-state index contributed by atoms with van der Waals surface area (Å²) in [7, 11) is 0. The quantitative estimate of drug-likeness (QED) is 0.335. The van der Waals surface area contributed by atoms with E-state index in [1.807, 2.05) is 0 Å². The molecule has 5 nitrogen and oxygen atoms in total. The molecule has 3 aromatic carbocycles. The van der Waals surface area contributed by atoms with Crippen LogP contribution in [0.15, 0.2) is 72.8 Å². The number of nitrogens with zero attached hydrogens (tertiary/aromatic N) is 1. The van der Waals surface area contributed by atoms with Crippen LogP contribution in [0.1, 0.15) is 34.7 Å². The zero-order chi connectivity index (χ0) is 27.2.